The van der Waals surface area contributed by atoms with Gasteiger partial charge >= 0.3 is 0 Å². The van der Waals surface area contributed by atoms with Gasteiger partial charge in [0.05, 0.1) is 11.3 Å². The zero-order chi connectivity index (χ0) is 20.8. The highest BCUT2D eigenvalue weighted by atomic mass is 16.2. The van der Waals surface area contributed by atoms with Gasteiger partial charge in [-0.3, -0.25) is 9.59 Å². The van der Waals surface area contributed by atoms with Gasteiger partial charge in [-0.15, -0.1) is 0 Å². The van der Waals surface area contributed by atoms with Crippen LogP contribution in [0, 0.1) is 13.8 Å². The summed E-state index contributed by atoms with van der Waals surface area (Å²) < 4.78 is 0. The third-order valence-corrected chi connectivity index (χ3v) is 6.10. The molecule has 0 atom stereocenters. The largest absolute Gasteiger partial charge is 0.336 e. The van der Waals surface area contributed by atoms with E-state index in [1.807, 2.05) is 85.5 Å². The molecule has 0 bridgehead atoms. The second kappa shape index (κ2) is 6.99. The fourth-order valence-corrected chi connectivity index (χ4v) is 4.40. The van der Waals surface area contributed by atoms with Gasteiger partial charge in [0.1, 0.15) is 5.70 Å². The van der Waals surface area contributed by atoms with E-state index in [2.05, 4.69) is 6.07 Å². The molecule has 2 heterocycles. The number of para-hydroxylation sites is 1. The average molecular weight is 394 g/mol. The van der Waals surface area contributed by atoms with Crippen molar-refractivity contribution in [2.45, 2.75) is 20.3 Å². The smallest absolute Gasteiger partial charge is 0.282 e. The normalized spacial score (nSPS) is 15.9. The predicted molar refractivity (Wildman–Crippen MR) is 119 cm³/mol. The number of fused-ring (bicyclic) bond motifs is 1. The molecular weight excluding hydrogens is 372 g/mol. The van der Waals surface area contributed by atoms with Crippen LogP contribution in [0.3, 0.4) is 0 Å². The van der Waals surface area contributed by atoms with Gasteiger partial charge in [-0.2, -0.15) is 0 Å². The standard InChI is InChI=1S/C26H22N2O2/c1-17-9-8-14-21(18(17)2)28-25(29)23(20-11-4-3-5-12-20)24(26(28)30)27-16-15-19-10-6-7-13-22(19)27/h3-14H,15-16H2,1-2H3. The maximum Gasteiger partial charge on any atom is 0.282 e. The Morgan fingerprint density at radius 1 is 0.733 bits per heavy atom. The van der Waals surface area contributed by atoms with E-state index in [9.17, 15) is 9.59 Å². The highest BCUT2D eigenvalue weighted by molar-refractivity contribution is 6.46. The molecule has 3 aromatic carbocycles. The lowest BCUT2D eigenvalue weighted by Gasteiger charge is -2.22. The Morgan fingerprint density at radius 3 is 2.23 bits per heavy atom. The molecule has 0 aliphatic carbocycles. The minimum absolute atomic E-state index is 0.260. The molecule has 4 nitrogen and oxygen atoms in total. The lowest BCUT2D eigenvalue weighted by molar-refractivity contribution is -0.120. The number of anilines is 2. The minimum Gasteiger partial charge on any atom is -0.336 e. The summed E-state index contributed by atoms with van der Waals surface area (Å²) in [6.45, 7) is 4.63. The first kappa shape index (κ1) is 18.4. The molecule has 0 spiro atoms. The molecule has 2 amide bonds. The number of nitrogens with zero attached hydrogens (tertiary/aromatic N) is 2. The number of carbonyl (C=O) groups excluding carboxylic acids is 2. The zero-order valence-electron chi connectivity index (χ0n) is 17.1. The number of benzene rings is 3. The Labute approximate surface area is 176 Å². The van der Waals surface area contributed by atoms with Gasteiger partial charge in [0, 0.05) is 12.2 Å². The van der Waals surface area contributed by atoms with Crippen LogP contribution in [-0.2, 0) is 16.0 Å². The SMILES string of the molecule is Cc1cccc(N2C(=O)C(c3ccccc3)=C(N3CCc4ccccc43)C2=O)c1C. The van der Waals surface area contributed by atoms with E-state index >= 15 is 0 Å². The Balaban J connectivity index is 1.71. The zero-order valence-corrected chi connectivity index (χ0v) is 17.1. The highest BCUT2D eigenvalue weighted by Crippen LogP contribution is 2.40. The summed E-state index contributed by atoms with van der Waals surface area (Å²) in [6.07, 6.45) is 0.854. The molecule has 0 fully saturated rings. The third kappa shape index (κ3) is 2.68. The summed E-state index contributed by atoms with van der Waals surface area (Å²) in [4.78, 5) is 30.8. The van der Waals surface area contributed by atoms with E-state index in [1.165, 1.54) is 10.5 Å². The number of hydrogen-bond donors (Lipinski definition) is 0. The van der Waals surface area contributed by atoms with Gasteiger partial charge in [-0.1, -0.05) is 60.7 Å². The van der Waals surface area contributed by atoms with Gasteiger partial charge in [-0.25, -0.2) is 4.90 Å². The minimum atomic E-state index is -0.265. The second-order valence-electron chi connectivity index (χ2n) is 7.78. The molecule has 0 unspecified atom stereocenters. The summed E-state index contributed by atoms with van der Waals surface area (Å²) in [5.74, 6) is -0.525. The molecule has 5 rings (SSSR count). The van der Waals surface area contributed by atoms with Crippen molar-refractivity contribution >= 4 is 28.8 Å². The molecule has 0 aromatic heterocycles. The van der Waals surface area contributed by atoms with Crippen molar-refractivity contribution in [2.24, 2.45) is 0 Å². The van der Waals surface area contributed by atoms with Crippen molar-refractivity contribution in [3.8, 4) is 0 Å². The van der Waals surface area contributed by atoms with Gasteiger partial charge in [0.2, 0.25) is 0 Å². The molecule has 30 heavy (non-hydrogen) atoms. The van der Waals surface area contributed by atoms with E-state index in [1.54, 1.807) is 0 Å². The Morgan fingerprint density at radius 2 is 1.43 bits per heavy atom. The van der Waals surface area contributed by atoms with E-state index in [4.69, 9.17) is 0 Å². The van der Waals surface area contributed by atoms with Crippen molar-refractivity contribution in [2.75, 3.05) is 16.3 Å². The van der Waals surface area contributed by atoms with Gasteiger partial charge in [0.15, 0.2) is 0 Å². The van der Waals surface area contributed by atoms with Gasteiger partial charge < -0.3 is 4.90 Å². The van der Waals surface area contributed by atoms with E-state index < -0.39 is 0 Å². The Kier molecular flexibility index (Phi) is 4.28. The van der Waals surface area contributed by atoms with E-state index in [0.29, 0.717) is 23.5 Å². The van der Waals surface area contributed by atoms with Gasteiger partial charge in [-0.05, 0) is 54.7 Å². The molecule has 2 aliphatic heterocycles. The molecule has 4 heteroatoms. The van der Waals surface area contributed by atoms with Crippen LogP contribution in [0.25, 0.3) is 5.57 Å². The van der Waals surface area contributed by atoms with Crippen LogP contribution in [0.2, 0.25) is 0 Å². The predicted octanol–water partition coefficient (Wildman–Crippen LogP) is 4.65. The number of aryl methyl sites for hydroxylation is 1. The topological polar surface area (TPSA) is 40.6 Å². The molecule has 0 radical (unpaired) electrons. The number of amides is 2. The first-order valence-electron chi connectivity index (χ1n) is 10.2. The third-order valence-electron chi connectivity index (χ3n) is 6.10. The Hall–Kier alpha value is -3.66. The average Bonchev–Trinajstić information content (AvgIpc) is 3.29. The summed E-state index contributed by atoms with van der Waals surface area (Å²) in [6, 6.07) is 23.3. The molecule has 0 N–H and O–H groups in total. The number of carbonyl (C=O) groups is 2. The van der Waals surface area contributed by atoms with Crippen LogP contribution in [0.1, 0.15) is 22.3 Å². The van der Waals surface area contributed by atoms with Crippen molar-refractivity contribution in [1.29, 1.82) is 0 Å². The van der Waals surface area contributed by atoms with Crippen molar-refractivity contribution in [3.63, 3.8) is 0 Å². The van der Waals surface area contributed by atoms with Gasteiger partial charge in [0.25, 0.3) is 11.8 Å². The maximum absolute atomic E-state index is 13.8. The van der Waals surface area contributed by atoms with Crippen molar-refractivity contribution in [3.05, 3.63) is 101 Å². The van der Waals surface area contributed by atoms with E-state index in [-0.39, 0.29) is 11.8 Å². The summed E-state index contributed by atoms with van der Waals surface area (Å²) in [5, 5.41) is 0. The van der Waals surface area contributed by atoms with Crippen LogP contribution >= 0.6 is 0 Å². The maximum atomic E-state index is 13.8. The molecule has 148 valence electrons. The van der Waals surface area contributed by atoms with Crippen molar-refractivity contribution in [1.82, 2.24) is 0 Å². The summed E-state index contributed by atoms with van der Waals surface area (Å²) >= 11 is 0. The van der Waals surface area contributed by atoms with Crippen LogP contribution in [-0.4, -0.2) is 18.4 Å². The van der Waals surface area contributed by atoms with Crippen LogP contribution in [0.4, 0.5) is 11.4 Å². The molecular formula is C26H22N2O2. The molecule has 3 aromatic rings. The first-order valence-corrected chi connectivity index (χ1v) is 10.2. The Bertz CT molecular complexity index is 1210. The van der Waals surface area contributed by atoms with Crippen molar-refractivity contribution < 1.29 is 9.59 Å². The molecule has 0 saturated carbocycles. The first-order chi connectivity index (χ1) is 14.6. The number of rotatable bonds is 3. The fraction of sp³-hybridized carbons (Fsp3) is 0.154. The lowest BCUT2D eigenvalue weighted by Crippen LogP contribution is -2.35. The number of hydrogen-bond acceptors (Lipinski definition) is 3. The quantitative estimate of drug-likeness (QED) is 0.607. The fourth-order valence-electron chi connectivity index (χ4n) is 4.40. The highest BCUT2D eigenvalue weighted by Gasteiger charge is 2.44. The summed E-state index contributed by atoms with van der Waals surface area (Å²) in [7, 11) is 0. The van der Waals surface area contributed by atoms with E-state index in [0.717, 1.165) is 28.8 Å². The number of imide groups is 1. The lowest BCUT2D eigenvalue weighted by atomic mass is 10.0. The molecule has 0 saturated heterocycles. The van der Waals surface area contributed by atoms with Crippen LogP contribution in [0.15, 0.2) is 78.5 Å². The second-order valence-corrected chi connectivity index (χ2v) is 7.78. The van der Waals surface area contributed by atoms with Crippen LogP contribution in [0.5, 0.6) is 0 Å². The monoisotopic (exact) mass is 394 g/mol. The van der Waals surface area contributed by atoms with Crippen LogP contribution < -0.4 is 9.80 Å². The molecule has 2 aliphatic rings. The summed E-state index contributed by atoms with van der Waals surface area (Å²) in [5.41, 5.74) is 6.55.